The number of benzene rings is 2. The number of imidazole rings is 1. The molecule has 1 atom stereocenters. The fraction of sp³-hybridized carbons (Fsp3) is 0.308. The van der Waals surface area contributed by atoms with Crippen molar-refractivity contribution in [3.63, 3.8) is 0 Å². The maximum atomic E-state index is 14.8. The van der Waals surface area contributed by atoms with Crippen LogP contribution in [0.1, 0.15) is 47.3 Å². The molecular formula is C26H25FN6O2. The minimum atomic E-state index is -0.649. The van der Waals surface area contributed by atoms with E-state index in [1.165, 1.54) is 17.0 Å². The molecule has 1 aliphatic heterocycles. The third-order valence-corrected chi connectivity index (χ3v) is 6.68. The standard InChI is InChI=1S/C21H18FN5O2.C5H7N/c1-11-3-4-12-18(9-29-19(12)5-11)26(2)21(28)13-6-16-15(7-14(13)22)25-20(23)17-8-24-10-27(16)17;1-5(4-6)2-3-5/h3-8,10,18H,9H2,1-2H3,(H2,23,25);2-3H2,1H3. The molecule has 1 amide bonds. The van der Waals surface area contributed by atoms with Crippen molar-refractivity contribution in [1.29, 1.82) is 5.26 Å². The molecule has 0 spiro atoms. The van der Waals surface area contributed by atoms with Crippen LogP contribution in [0.25, 0.3) is 16.6 Å². The van der Waals surface area contributed by atoms with Crippen LogP contribution in [0.4, 0.5) is 10.2 Å². The molecule has 2 N–H and O–H groups in total. The van der Waals surface area contributed by atoms with E-state index >= 15 is 0 Å². The third kappa shape index (κ3) is 4.01. The number of nitrogens with zero attached hydrogens (tertiary/aromatic N) is 5. The van der Waals surface area contributed by atoms with Crippen molar-refractivity contribution in [1.82, 2.24) is 19.3 Å². The van der Waals surface area contributed by atoms with Gasteiger partial charge in [0.2, 0.25) is 0 Å². The minimum absolute atomic E-state index is 0.0397. The fourth-order valence-electron chi connectivity index (χ4n) is 4.11. The van der Waals surface area contributed by atoms with E-state index in [1.54, 1.807) is 24.0 Å². The van der Waals surface area contributed by atoms with Gasteiger partial charge in [0.05, 0.1) is 46.6 Å². The second-order valence-corrected chi connectivity index (χ2v) is 9.42. The number of amides is 1. The van der Waals surface area contributed by atoms with Gasteiger partial charge in [-0.2, -0.15) is 5.26 Å². The van der Waals surface area contributed by atoms with Crippen LogP contribution >= 0.6 is 0 Å². The third-order valence-electron chi connectivity index (χ3n) is 6.68. The number of rotatable bonds is 2. The summed E-state index contributed by atoms with van der Waals surface area (Å²) in [6.45, 7) is 4.31. The summed E-state index contributed by atoms with van der Waals surface area (Å²) in [4.78, 5) is 23.0. The van der Waals surface area contributed by atoms with Gasteiger partial charge in [-0.1, -0.05) is 12.1 Å². The lowest BCUT2D eigenvalue weighted by Crippen LogP contribution is -2.32. The van der Waals surface area contributed by atoms with E-state index in [1.807, 2.05) is 32.0 Å². The Morgan fingerprint density at radius 3 is 2.77 bits per heavy atom. The Hall–Kier alpha value is -4.19. The summed E-state index contributed by atoms with van der Waals surface area (Å²) in [6, 6.07) is 10.5. The largest absolute Gasteiger partial charge is 0.491 e. The zero-order valence-electron chi connectivity index (χ0n) is 19.7. The molecule has 4 aromatic rings. The number of nitrogen functional groups attached to an aromatic ring is 1. The normalized spacial score (nSPS) is 17.2. The molecule has 0 bridgehead atoms. The highest BCUT2D eigenvalue weighted by Crippen LogP contribution is 2.43. The fourth-order valence-corrected chi connectivity index (χ4v) is 4.11. The number of carbonyl (C=O) groups excluding carboxylic acids is 1. The van der Waals surface area contributed by atoms with Crippen molar-refractivity contribution in [2.24, 2.45) is 5.41 Å². The molecule has 3 heterocycles. The number of aryl methyl sites for hydroxylation is 1. The Balaban J connectivity index is 0.000000371. The van der Waals surface area contributed by atoms with E-state index < -0.39 is 11.7 Å². The van der Waals surface area contributed by atoms with E-state index in [0.29, 0.717) is 23.2 Å². The van der Waals surface area contributed by atoms with Crippen molar-refractivity contribution in [3.05, 3.63) is 65.4 Å². The first kappa shape index (κ1) is 22.6. The minimum Gasteiger partial charge on any atom is -0.491 e. The summed E-state index contributed by atoms with van der Waals surface area (Å²) in [5.41, 5.74) is 9.49. The summed E-state index contributed by atoms with van der Waals surface area (Å²) in [7, 11) is 1.66. The molecule has 1 saturated carbocycles. The van der Waals surface area contributed by atoms with Crippen molar-refractivity contribution in [2.75, 3.05) is 19.4 Å². The van der Waals surface area contributed by atoms with Crippen LogP contribution in [0.3, 0.4) is 0 Å². The predicted octanol–water partition coefficient (Wildman–Crippen LogP) is 4.43. The van der Waals surface area contributed by atoms with Gasteiger partial charge in [-0.05, 0) is 44.4 Å². The van der Waals surface area contributed by atoms with E-state index in [4.69, 9.17) is 15.7 Å². The summed E-state index contributed by atoms with van der Waals surface area (Å²) in [5.74, 6) is -0.0747. The lowest BCUT2D eigenvalue weighted by atomic mass is 10.0. The Morgan fingerprint density at radius 1 is 1.31 bits per heavy atom. The molecule has 1 unspecified atom stereocenters. The number of anilines is 1. The van der Waals surface area contributed by atoms with Gasteiger partial charge >= 0.3 is 0 Å². The van der Waals surface area contributed by atoms with Crippen molar-refractivity contribution < 1.29 is 13.9 Å². The number of aromatic nitrogens is 3. The molecule has 178 valence electrons. The molecule has 1 aliphatic carbocycles. The van der Waals surface area contributed by atoms with Crippen LogP contribution < -0.4 is 10.5 Å². The van der Waals surface area contributed by atoms with Gasteiger partial charge in [-0.3, -0.25) is 9.20 Å². The van der Waals surface area contributed by atoms with Crippen molar-refractivity contribution >= 4 is 28.3 Å². The number of nitrogens with two attached hydrogens (primary N) is 1. The summed E-state index contributed by atoms with van der Waals surface area (Å²) in [6.07, 6.45) is 5.37. The molecule has 6 rings (SSSR count). The number of fused-ring (bicyclic) bond motifs is 4. The number of carbonyl (C=O) groups is 1. The molecule has 8 nitrogen and oxygen atoms in total. The van der Waals surface area contributed by atoms with Gasteiger partial charge in [0.1, 0.15) is 29.5 Å². The quantitative estimate of drug-likeness (QED) is 0.462. The molecule has 2 aliphatic rings. The second kappa shape index (κ2) is 8.24. The molecular weight excluding hydrogens is 447 g/mol. The van der Waals surface area contributed by atoms with Crippen LogP contribution in [0.5, 0.6) is 5.75 Å². The average molecular weight is 473 g/mol. The van der Waals surface area contributed by atoms with Gasteiger partial charge < -0.3 is 15.4 Å². The molecule has 2 aromatic carbocycles. The predicted molar refractivity (Wildman–Crippen MR) is 129 cm³/mol. The molecule has 0 radical (unpaired) electrons. The number of likely N-dealkylation sites (N-methyl/N-ethyl adjacent to an activating group) is 1. The van der Waals surface area contributed by atoms with Crippen LogP contribution in [0, 0.1) is 29.5 Å². The first-order chi connectivity index (χ1) is 16.7. The maximum Gasteiger partial charge on any atom is 0.257 e. The van der Waals surface area contributed by atoms with E-state index in [-0.39, 0.29) is 22.8 Å². The van der Waals surface area contributed by atoms with Gasteiger partial charge in [0, 0.05) is 18.7 Å². The van der Waals surface area contributed by atoms with Crippen LogP contribution in [-0.2, 0) is 0 Å². The Morgan fingerprint density at radius 2 is 2.09 bits per heavy atom. The smallest absolute Gasteiger partial charge is 0.257 e. The van der Waals surface area contributed by atoms with E-state index in [2.05, 4.69) is 16.0 Å². The van der Waals surface area contributed by atoms with Crippen molar-refractivity contribution in [3.8, 4) is 11.8 Å². The number of hydrogen-bond acceptors (Lipinski definition) is 6. The lowest BCUT2D eigenvalue weighted by Gasteiger charge is -2.24. The molecule has 0 saturated heterocycles. The molecule has 9 heteroatoms. The first-order valence-electron chi connectivity index (χ1n) is 11.3. The SMILES string of the molecule is CC1(C#N)CC1.Cc1ccc2c(c1)OCC2N(C)C(=O)c1cc2c(cc1F)nc(N)c1cncn12. The van der Waals surface area contributed by atoms with Gasteiger partial charge in [-0.15, -0.1) is 0 Å². The van der Waals surface area contributed by atoms with Gasteiger partial charge in [0.25, 0.3) is 5.91 Å². The number of ether oxygens (including phenoxy) is 1. The topological polar surface area (TPSA) is 110 Å². The van der Waals surface area contributed by atoms with Crippen molar-refractivity contribution in [2.45, 2.75) is 32.7 Å². The van der Waals surface area contributed by atoms with Crippen LogP contribution in [0.2, 0.25) is 0 Å². The first-order valence-corrected chi connectivity index (χ1v) is 11.3. The zero-order valence-corrected chi connectivity index (χ0v) is 19.7. The Labute approximate surface area is 201 Å². The van der Waals surface area contributed by atoms with E-state index in [9.17, 15) is 9.18 Å². The maximum absolute atomic E-state index is 14.8. The highest BCUT2D eigenvalue weighted by Gasteiger charge is 2.37. The second-order valence-electron chi connectivity index (χ2n) is 9.42. The van der Waals surface area contributed by atoms with Crippen LogP contribution in [0.15, 0.2) is 42.9 Å². The average Bonchev–Trinajstić information content (AvgIpc) is 3.22. The Kier molecular flexibility index (Phi) is 5.32. The summed E-state index contributed by atoms with van der Waals surface area (Å²) < 4.78 is 22.3. The Bertz CT molecular complexity index is 1520. The molecule has 35 heavy (non-hydrogen) atoms. The zero-order chi connectivity index (χ0) is 24.9. The highest BCUT2D eigenvalue weighted by molar-refractivity contribution is 5.98. The molecule has 2 aromatic heterocycles. The molecule has 1 fully saturated rings. The van der Waals surface area contributed by atoms with Crippen LogP contribution in [-0.4, -0.2) is 38.8 Å². The monoisotopic (exact) mass is 472 g/mol. The number of nitriles is 1. The highest BCUT2D eigenvalue weighted by atomic mass is 19.1. The number of halogens is 1. The lowest BCUT2D eigenvalue weighted by molar-refractivity contribution is 0.0704. The summed E-state index contributed by atoms with van der Waals surface area (Å²) in [5, 5.41) is 8.22. The van der Waals surface area contributed by atoms with Gasteiger partial charge in [-0.25, -0.2) is 14.4 Å². The van der Waals surface area contributed by atoms with Gasteiger partial charge in [0.15, 0.2) is 0 Å². The number of hydrogen-bond donors (Lipinski definition) is 1. The summed E-state index contributed by atoms with van der Waals surface area (Å²) >= 11 is 0. The van der Waals surface area contributed by atoms with E-state index in [0.717, 1.165) is 29.7 Å².